The molecule has 0 bridgehead atoms. The Bertz CT molecular complexity index is 843. The van der Waals surface area contributed by atoms with Crippen LogP contribution in [0.5, 0.6) is 0 Å². The number of halogens is 2. The predicted molar refractivity (Wildman–Crippen MR) is 95.4 cm³/mol. The van der Waals surface area contributed by atoms with E-state index in [1.54, 1.807) is 24.3 Å². The van der Waals surface area contributed by atoms with Crippen LogP contribution in [-0.2, 0) is 16.0 Å². The van der Waals surface area contributed by atoms with E-state index in [0.717, 1.165) is 5.56 Å². The fraction of sp³-hybridized carbons (Fsp3) is 0.190. The van der Waals surface area contributed by atoms with Crippen molar-refractivity contribution in [3.63, 3.8) is 0 Å². The molecule has 3 rings (SSSR count). The van der Waals surface area contributed by atoms with Gasteiger partial charge in [-0.1, -0.05) is 36.9 Å². The molecule has 0 saturated heterocycles. The van der Waals surface area contributed by atoms with Crippen LogP contribution in [0.25, 0.3) is 0 Å². The first-order chi connectivity index (χ1) is 12.6. The fourth-order valence-corrected chi connectivity index (χ4v) is 2.94. The molecule has 1 aliphatic heterocycles. The maximum atomic E-state index is 13.2. The third-order valence-corrected chi connectivity index (χ3v) is 4.27. The van der Waals surface area contributed by atoms with Crippen molar-refractivity contribution >= 4 is 5.91 Å². The average Bonchev–Trinajstić information content (AvgIpc) is 3.06. The van der Waals surface area contributed by atoms with Crippen LogP contribution in [0.15, 0.2) is 72.3 Å². The van der Waals surface area contributed by atoms with Gasteiger partial charge in [0, 0.05) is 6.54 Å². The number of rotatable bonds is 6. The van der Waals surface area contributed by atoms with E-state index in [2.05, 4.69) is 11.9 Å². The number of carbonyl (C=O) groups is 1. The molecule has 0 radical (unpaired) electrons. The van der Waals surface area contributed by atoms with Crippen molar-refractivity contribution in [3.05, 3.63) is 95.1 Å². The second-order valence-electron chi connectivity index (χ2n) is 6.02. The molecule has 0 saturated carbocycles. The topological polar surface area (TPSA) is 38.3 Å². The van der Waals surface area contributed by atoms with E-state index < -0.39 is 6.10 Å². The number of amides is 1. The first-order valence-electron chi connectivity index (χ1n) is 8.33. The van der Waals surface area contributed by atoms with Gasteiger partial charge in [-0.15, -0.1) is 0 Å². The van der Waals surface area contributed by atoms with E-state index in [-0.39, 0.29) is 24.1 Å². The Labute approximate surface area is 151 Å². The lowest BCUT2D eigenvalue weighted by molar-refractivity contribution is -0.118. The van der Waals surface area contributed by atoms with E-state index in [4.69, 9.17) is 4.74 Å². The van der Waals surface area contributed by atoms with E-state index in [1.165, 1.54) is 24.3 Å². The zero-order valence-electron chi connectivity index (χ0n) is 14.2. The van der Waals surface area contributed by atoms with Crippen molar-refractivity contribution in [3.8, 4) is 0 Å². The van der Waals surface area contributed by atoms with Crippen LogP contribution >= 0.6 is 0 Å². The Morgan fingerprint density at radius 1 is 1.19 bits per heavy atom. The number of hydrogen-bond acceptors (Lipinski definition) is 2. The van der Waals surface area contributed by atoms with Gasteiger partial charge in [0.15, 0.2) is 0 Å². The van der Waals surface area contributed by atoms with Gasteiger partial charge >= 0.3 is 0 Å². The quantitative estimate of drug-likeness (QED) is 0.854. The summed E-state index contributed by atoms with van der Waals surface area (Å²) in [5.41, 5.74) is 2.70. The summed E-state index contributed by atoms with van der Waals surface area (Å²) >= 11 is 0. The molecule has 1 heterocycles. The Balaban J connectivity index is 1.70. The summed E-state index contributed by atoms with van der Waals surface area (Å²) in [5, 5.41) is 2.85. The Hall–Kier alpha value is -2.79. The zero-order chi connectivity index (χ0) is 18.5. The van der Waals surface area contributed by atoms with Crippen molar-refractivity contribution in [2.24, 2.45) is 0 Å². The highest BCUT2D eigenvalue weighted by Crippen LogP contribution is 2.34. The Morgan fingerprint density at radius 2 is 1.96 bits per heavy atom. The first-order valence-corrected chi connectivity index (χ1v) is 8.33. The summed E-state index contributed by atoms with van der Waals surface area (Å²) in [5.74, 6) is -0.907. The molecular weight excluding hydrogens is 336 g/mol. The molecular formula is C21H19F2NO2. The van der Waals surface area contributed by atoms with E-state index in [0.29, 0.717) is 29.7 Å². The fourth-order valence-electron chi connectivity index (χ4n) is 2.94. The van der Waals surface area contributed by atoms with E-state index in [9.17, 15) is 13.6 Å². The van der Waals surface area contributed by atoms with Gasteiger partial charge in [-0.2, -0.15) is 0 Å². The number of carbonyl (C=O) groups excluding carboxylic acids is 1. The Morgan fingerprint density at radius 3 is 2.65 bits per heavy atom. The normalized spacial score (nSPS) is 16.6. The second-order valence-corrected chi connectivity index (χ2v) is 6.02. The third-order valence-electron chi connectivity index (χ3n) is 4.27. The van der Waals surface area contributed by atoms with Gasteiger partial charge in [-0.25, -0.2) is 8.78 Å². The SMILES string of the molecule is C=CC1=C(C(=O)NCCc2cccc(F)c2)C(c2ccc(F)cc2)OC1. The smallest absolute Gasteiger partial charge is 0.250 e. The molecule has 2 aromatic carbocycles. The standard InChI is InChI=1S/C21H19F2NO2/c1-2-15-13-26-20(16-6-8-17(22)9-7-16)19(15)21(25)24-11-10-14-4-3-5-18(23)12-14/h2-9,12,20H,1,10-11,13H2,(H,24,25). The lowest BCUT2D eigenvalue weighted by atomic mass is 9.98. The molecule has 3 nitrogen and oxygen atoms in total. The molecule has 1 aliphatic rings. The van der Waals surface area contributed by atoms with E-state index in [1.807, 2.05) is 6.07 Å². The van der Waals surface area contributed by atoms with Crippen molar-refractivity contribution in [2.45, 2.75) is 12.5 Å². The molecule has 1 N–H and O–H groups in total. The van der Waals surface area contributed by atoms with Crippen LogP contribution in [0.2, 0.25) is 0 Å². The third kappa shape index (κ3) is 4.06. The highest BCUT2D eigenvalue weighted by Gasteiger charge is 2.31. The molecule has 26 heavy (non-hydrogen) atoms. The summed E-state index contributed by atoms with van der Waals surface area (Å²) in [6.45, 7) is 4.38. The molecule has 2 aromatic rings. The predicted octanol–water partition coefficient (Wildman–Crippen LogP) is 3.88. The highest BCUT2D eigenvalue weighted by molar-refractivity contribution is 5.96. The van der Waals surface area contributed by atoms with Gasteiger partial charge in [-0.05, 0) is 47.4 Å². The molecule has 134 valence electrons. The van der Waals surface area contributed by atoms with Crippen LogP contribution in [0.3, 0.4) is 0 Å². The number of hydrogen-bond donors (Lipinski definition) is 1. The molecule has 1 amide bonds. The second kappa shape index (κ2) is 8.06. The van der Waals surface area contributed by atoms with Crippen LogP contribution < -0.4 is 5.32 Å². The molecule has 0 aromatic heterocycles. The van der Waals surface area contributed by atoms with Crippen LogP contribution in [0, 0.1) is 11.6 Å². The average molecular weight is 355 g/mol. The summed E-state index contributed by atoms with van der Waals surface area (Å²) in [6, 6.07) is 12.2. The van der Waals surface area contributed by atoms with Crippen LogP contribution in [-0.4, -0.2) is 19.1 Å². The number of nitrogens with one attached hydrogen (secondary N) is 1. The zero-order valence-corrected chi connectivity index (χ0v) is 14.2. The van der Waals surface area contributed by atoms with Crippen molar-refractivity contribution in [2.75, 3.05) is 13.2 Å². The lowest BCUT2D eigenvalue weighted by Crippen LogP contribution is -2.29. The highest BCUT2D eigenvalue weighted by atomic mass is 19.1. The van der Waals surface area contributed by atoms with Gasteiger partial charge in [0.1, 0.15) is 17.7 Å². The minimum absolute atomic E-state index is 0.261. The maximum Gasteiger partial charge on any atom is 0.250 e. The summed E-state index contributed by atoms with van der Waals surface area (Å²) in [7, 11) is 0. The van der Waals surface area contributed by atoms with Crippen LogP contribution in [0.4, 0.5) is 8.78 Å². The summed E-state index contributed by atoms with van der Waals surface area (Å²) < 4.78 is 32.1. The molecule has 5 heteroatoms. The molecule has 1 atom stereocenters. The van der Waals surface area contributed by atoms with Crippen molar-refractivity contribution in [1.82, 2.24) is 5.32 Å². The minimum atomic E-state index is -0.558. The summed E-state index contributed by atoms with van der Waals surface area (Å²) in [4.78, 5) is 12.7. The number of benzene rings is 2. The maximum absolute atomic E-state index is 13.2. The first kappa shape index (κ1) is 18.0. The van der Waals surface area contributed by atoms with Gasteiger partial charge in [0.05, 0.1) is 12.2 Å². The molecule has 1 unspecified atom stereocenters. The Kier molecular flexibility index (Phi) is 5.58. The summed E-state index contributed by atoms with van der Waals surface area (Å²) in [6.07, 6.45) is 1.56. The largest absolute Gasteiger partial charge is 0.364 e. The minimum Gasteiger partial charge on any atom is -0.364 e. The van der Waals surface area contributed by atoms with Gasteiger partial charge < -0.3 is 10.1 Å². The molecule has 0 spiro atoms. The molecule has 0 aliphatic carbocycles. The van der Waals surface area contributed by atoms with Gasteiger partial charge in [0.25, 0.3) is 5.91 Å². The number of ether oxygens (including phenoxy) is 1. The molecule has 0 fully saturated rings. The van der Waals surface area contributed by atoms with E-state index >= 15 is 0 Å². The van der Waals surface area contributed by atoms with Crippen molar-refractivity contribution < 1.29 is 18.3 Å². The van der Waals surface area contributed by atoms with Gasteiger partial charge in [0.2, 0.25) is 0 Å². The monoisotopic (exact) mass is 355 g/mol. The van der Waals surface area contributed by atoms with Crippen LogP contribution in [0.1, 0.15) is 17.2 Å². The van der Waals surface area contributed by atoms with Gasteiger partial charge in [-0.3, -0.25) is 4.79 Å². The van der Waals surface area contributed by atoms with Crippen molar-refractivity contribution in [1.29, 1.82) is 0 Å². The lowest BCUT2D eigenvalue weighted by Gasteiger charge is -2.15.